The lowest BCUT2D eigenvalue weighted by atomic mass is 10.1. The Morgan fingerprint density at radius 2 is 1.35 bits per heavy atom. The van der Waals surface area contributed by atoms with Crippen LogP contribution in [0.15, 0.2) is 102 Å². The third-order valence-electron chi connectivity index (χ3n) is 5.53. The van der Waals surface area contributed by atoms with Gasteiger partial charge in [-0.25, -0.2) is 4.39 Å². The zero-order valence-electron chi connectivity index (χ0n) is 19.8. The van der Waals surface area contributed by atoms with Crippen molar-refractivity contribution in [2.75, 3.05) is 7.11 Å². The molecule has 1 amide bonds. The van der Waals surface area contributed by atoms with E-state index in [1.165, 1.54) is 55.6 Å². The first-order chi connectivity index (χ1) is 17.7. The van der Waals surface area contributed by atoms with E-state index in [0.717, 1.165) is 11.1 Å². The summed E-state index contributed by atoms with van der Waals surface area (Å²) in [5.74, 6) is -0.00726. The highest BCUT2D eigenvalue weighted by Crippen LogP contribution is 2.24. The van der Waals surface area contributed by atoms with E-state index in [4.69, 9.17) is 20.5 Å². The third-order valence-corrected chi connectivity index (χ3v) is 7.12. The van der Waals surface area contributed by atoms with Gasteiger partial charge in [0.15, 0.2) is 0 Å². The van der Waals surface area contributed by atoms with E-state index in [0.29, 0.717) is 16.3 Å². The molecule has 0 heterocycles. The Bertz CT molecular complexity index is 1470. The second-order valence-corrected chi connectivity index (χ2v) is 10.1. The number of rotatable bonds is 9. The van der Waals surface area contributed by atoms with Gasteiger partial charge < -0.3 is 13.8 Å². The van der Waals surface area contributed by atoms with Crippen LogP contribution in [0, 0.1) is 5.82 Å². The molecule has 0 atom stereocenters. The van der Waals surface area contributed by atoms with Gasteiger partial charge in [0.25, 0.3) is 5.91 Å². The maximum atomic E-state index is 13.4. The first kappa shape index (κ1) is 26.2. The number of amides is 1. The molecule has 0 bridgehead atoms. The van der Waals surface area contributed by atoms with Crippen LogP contribution in [0.25, 0.3) is 0 Å². The number of methoxy groups -OCH3 is 1. The largest absolute Gasteiger partial charge is 0.497 e. The van der Waals surface area contributed by atoms with E-state index in [-0.39, 0.29) is 35.5 Å². The smallest absolute Gasteiger partial charge is 0.339 e. The van der Waals surface area contributed by atoms with E-state index < -0.39 is 10.1 Å². The number of ether oxygens (including phenoxy) is 1. The van der Waals surface area contributed by atoms with Gasteiger partial charge in [0.1, 0.15) is 22.2 Å². The predicted molar refractivity (Wildman–Crippen MR) is 139 cm³/mol. The number of nitrogens with zero attached hydrogens (tertiary/aromatic N) is 1. The van der Waals surface area contributed by atoms with E-state index >= 15 is 0 Å². The molecule has 4 aromatic carbocycles. The second-order valence-electron chi connectivity index (χ2n) is 8.12. The van der Waals surface area contributed by atoms with Crippen LogP contribution in [-0.4, -0.2) is 26.3 Å². The predicted octanol–water partition coefficient (Wildman–Crippen LogP) is 6.10. The molecule has 0 saturated heterocycles. The average molecular weight is 540 g/mol. The summed E-state index contributed by atoms with van der Waals surface area (Å²) >= 11 is 6.26. The first-order valence-electron chi connectivity index (χ1n) is 11.2. The fourth-order valence-corrected chi connectivity index (χ4v) is 4.75. The topological polar surface area (TPSA) is 72.9 Å². The van der Waals surface area contributed by atoms with Gasteiger partial charge in [-0.1, -0.05) is 48.0 Å². The standard InChI is InChI=1S/C28H23ClFNO5S/c1-35-23-14-16-25(17-15-23)37(33,34)36-24-12-8-21(9-13-24)19-31(18-20-6-10-22(30)11-7-20)28(32)26-4-2-3-5-27(26)29/h2-17H,18-19H2,1H3. The first-order valence-corrected chi connectivity index (χ1v) is 13.0. The molecule has 0 N–H and O–H groups in total. The zero-order valence-corrected chi connectivity index (χ0v) is 21.4. The molecule has 9 heteroatoms. The Morgan fingerprint density at radius 1 is 0.811 bits per heavy atom. The Morgan fingerprint density at radius 3 is 1.92 bits per heavy atom. The van der Waals surface area contributed by atoms with Gasteiger partial charge in [0, 0.05) is 13.1 Å². The maximum Gasteiger partial charge on any atom is 0.339 e. The SMILES string of the molecule is COc1ccc(S(=O)(=O)Oc2ccc(CN(Cc3ccc(F)cc3)C(=O)c3ccccc3Cl)cc2)cc1. The van der Waals surface area contributed by atoms with E-state index in [2.05, 4.69) is 0 Å². The van der Waals surface area contributed by atoms with Crippen LogP contribution in [0.4, 0.5) is 4.39 Å². The van der Waals surface area contributed by atoms with Crippen molar-refractivity contribution in [2.24, 2.45) is 0 Å². The lowest BCUT2D eigenvalue weighted by molar-refractivity contribution is 0.0730. The lowest BCUT2D eigenvalue weighted by Crippen LogP contribution is -2.30. The molecule has 37 heavy (non-hydrogen) atoms. The molecule has 0 aromatic heterocycles. The van der Waals surface area contributed by atoms with Crippen molar-refractivity contribution >= 4 is 27.6 Å². The molecule has 0 unspecified atom stereocenters. The van der Waals surface area contributed by atoms with Crippen molar-refractivity contribution in [3.05, 3.63) is 125 Å². The monoisotopic (exact) mass is 539 g/mol. The van der Waals surface area contributed by atoms with Gasteiger partial charge in [-0.05, 0) is 71.8 Å². The van der Waals surface area contributed by atoms with Gasteiger partial charge in [-0.15, -0.1) is 0 Å². The van der Waals surface area contributed by atoms with Crippen molar-refractivity contribution < 1.29 is 26.5 Å². The minimum Gasteiger partial charge on any atom is -0.497 e. The Hall–Kier alpha value is -3.88. The van der Waals surface area contributed by atoms with Crippen LogP contribution >= 0.6 is 11.6 Å². The molecule has 0 saturated carbocycles. The summed E-state index contributed by atoms with van der Waals surface area (Å²) in [6, 6.07) is 24.9. The molecule has 4 rings (SSSR count). The van der Waals surface area contributed by atoms with E-state index in [1.54, 1.807) is 53.4 Å². The average Bonchev–Trinajstić information content (AvgIpc) is 2.90. The molecule has 0 spiro atoms. The van der Waals surface area contributed by atoms with Crippen LogP contribution in [0.1, 0.15) is 21.5 Å². The summed E-state index contributed by atoms with van der Waals surface area (Å²) in [6.45, 7) is 0.418. The highest BCUT2D eigenvalue weighted by molar-refractivity contribution is 7.87. The Kier molecular flexibility index (Phi) is 8.11. The second kappa shape index (κ2) is 11.5. The normalized spacial score (nSPS) is 11.1. The van der Waals surface area contributed by atoms with Gasteiger partial charge in [-0.2, -0.15) is 8.42 Å². The highest BCUT2D eigenvalue weighted by atomic mass is 35.5. The minimum absolute atomic E-state index is 0.00631. The number of hydrogen-bond acceptors (Lipinski definition) is 5. The van der Waals surface area contributed by atoms with E-state index in [9.17, 15) is 17.6 Å². The van der Waals surface area contributed by atoms with Crippen LogP contribution in [0.3, 0.4) is 0 Å². The van der Waals surface area contributed by atoms with Crippen molar-refractivity contribution in [1.29, 1.82) is 0 Å². The van der Waals surface area contributed by atoms with Crippen LogP contribution < -0.4 is 8.92 Å². The Balaban J connectivity index is 1.53. The fraction of sp³-hybridized carbons (Fsp3) is 0.107. The van der Waals surface area contributed by atoms with Crippen LogP contribution in [-0.2, 0) is 23.2 Å². The number of hydrogen-bond donors (Lipinski definition) is 0. The molecule has 0 radical (unpaired) electrons. The molecule has 4 aromatic rings. The number of benzene rings is 4. The van der Waals surface area contributed by atoms with Gasteiger partial charge >= 0.3 is 10.1 Å². The molecular formula is C28H23ClFNO5S. The molecule has 0 aliphatic heterocycles. The molecule has 190 valence electrons. The molecule has 6 nitrogen and oxygen atoms in total. The van der Waals surface area contributed by atoms with Gasteiger partial charge in [0.05, 0.1) is 17.7 Å². The van der Waals surface area contributed by atoms with Crippen LogP contribution in [0.2, 0.25) is 5.02 Å². The van der Waals surface area contributed by atoms with Crippen LogP contribution in [0.5, 0.6) is 11.5 Å². The van der Waals surface area contributed by atoms with Crippen molar-refractivity contribution in [3.63, 3.8) is 0 Å². The quantitative estimate of drug-likeness (QED) is 0.240. The number of carbonyl (C=O) groups is 1. The summed E-state index contributed by atoms with van der Waals surface area (Å²) in [5.41, 5.74) is 1.82. The third kappa shape index (κ3) is 6.67. The lowest BCUT2D eigenvalue weighted by Gasteiger charge is -2.24. The molecule has 0 aliphatic rings. The van der Waals surface area contributed by atoms with E-state index in [1.807, 2.05) is 0 Å². The molecule has 0 aliphatic carbocycles. The number of carbonyl (C=O) groups excluding carboxylic acids is 1. The Labute approximate surface area is 220 Å². The van der Waals surface area contributed by atoms with Crippen molar-refractivity contribution in [1.82, 2.24) is 4.90 Å². The summed E-state index contributed by atoms with van der Waals surface area (Å²) in [6.07, 6.45) is 0. The number of halogens is 2. The zero-order chi connectivity index (χ0) is 26.4. The highest BCUT2D eigenvalue weighted by Gasteiger charge is 2.20. The van der Waals surface area contributed by atoms with Gasteiger partial charge in [-0.3, -0.25) is 4.79 Å². The maximum absolute atomic E-state index is 13.4. The fourth-order valence-electron chi connectivity index (χ4n) is 3.60. The summed E-state index contributed by atoms with van der Waals surface area (Å²) in [4.78, 5) is 14.9. The molecule has 0 fully saturated rings. The summed E-state index contributed by atoms with van der Waals surface area (Å²) in [5, 5.41) is 0.323. The van der Waals surface area contributed by atoms with Gasteiger partial charge in [0.2, 0.25) is 0 Å². The molecular weight excluding hydrogens is 517 g/mol. The summed E-state index contributed by atoms with van der Waals surface area (Å²) < 4.78 is 48.9. The van der Waals surface area contributed by atoms with Crippen molar-refractivity contribution in [3.8, 4) is 11.5 Å². The summed E-state index contributed by atoms with van der Waals surface area (Å²) in [7, 11) is -2.55. The minimum atomic E-state index is -4.04. The van der Waals surface area contributed by atoms with Crippen molar-refractivity contribution in [2.45, 2.75) is 18.0 Å².